The molecule has 0 bridgehead atoms. The normalized spacial score (nSPS) is 11.6. The highest BCUT2D eigenvalue weighted by atomic mass is 16.3. The summed E-state index contributed by atoms with van der Waals surface area (Å²) in [7, 11) is 0. The molecule has 1 amide bonds. The number of aromatic nitrogens is 2. The van der Waals surface area contributed by atoms with Crippen molar-refractivity contribution >= 4 is 22.4 Å². The minimum Gasteiger partial charge on any atom is -0.507 e. The molecule has 0 atom stereocenters. The van der Waals surface area contributed by atoms with Crippen LogP contribution in [0.4, 0.5) is 0 Å². The van der Waals surface area contributed by atoms with Gasteiger partial charge in [-0.05, 0) is 38.0 Å². The van der Waals surface area contributed by atoms with Gasteiger partial charge in [0.1, 0.15) is 5.75 Å². The number of benzene rings is 2. The van der Waals surface area contributed by atoms with Gasteiger partial charge < -0.3 is 5.11 Å². The largest absolute Gasteiger partial charge is 0.507 e. The van der Waals surface area contributed by atoms with E-state index in [4.69, 9.17) is 0 Å². The topological polar surface area (TPSA) is 96.6 Å². The summed E-state index contributed by atoms with van der Waals surface area (Å²) in [6.45, 7) is 6.29. The Morgan fingerprint density at radius 2 is 1.90 bits per heavy atom. The van der Waals surface area contributed by atoms with E-state index in [1.165, 1.54) is 4.68 Å². The van der Waals surface area contributed by atoms with E-state index in [0.717, 1.165) is 18.4 Å². The van der Waals surface area contributed by atoms with E-state index < -0.39 is 5.91 Å². The predicted octanol–water partition coefficient (Wildman–Crippen LogP) is 3.75. The number of carbonyl (C=O) groups excluding carboxylic acids is 1. The van der Waals surface area contributed by atoms with Gasteiger partial charge in [0.25, 0.3) is 11.5 Å². The average molecular weight is 406 g/mol. The third-order valence-corrected chi connectivity index (χ3v) is 4.90. The van der Waals surface area contributed by atoms with Gasteiger partial charge in [0.2, 0.25) is 0 Å². The molecule has 3 rings (SSSR count). The van der Waals surface area contributed by atoms with E-state index in [2.05, 4.69) is 15.6 Å². The first kappa shape index (κ1) is 21.2. The third-order valence-electron chi connectivity index (χ3n) is 4.90. The van der Waals surface area contributed by atoms with Gasteiger partial charge in [-0.2, -0.15) is 10.2 Å². The quantitative estimate of drug-likeness (QED) is 0.461. The molecule has 0 radical (unpaired) electrons. The van der Waals surface area contributed by atoms with Crippen molar-refractivity contribution in [1.82, 2.24) is 15.2 Å². The molecule has 0 aliphatic carbocycles. The molecule has 7 nitrogen and oxygen atoms in total. The number of hydrazone groups is 1. The molecule has 0 spiro atoms. The van der Waals surface area contributed by atoms with Crippen molar-refractivity contribution in [2.24, 2.45) is 5.10 Å². The van der Waals surface area contributed by atoms with Crippen LogP contribution < -0.4 is 11.0 Å². The molecular weight excluding hydrogens is 380 g/mol. The number of hydrogen-bond donors (Lipinski definition) is 2. The molecule has 2 N–H and O–H groups in total. The maximum atomic E-state index is 12.9. The van der Waals surface area contributed by atoms with Crippen molar-refractivity contribution in [3.8, 4) is 5.75 Å². The van der Waals surface area contributed by atoms with Crippen molar-refractivity contribution < 1.29 is 9.90 Å². The number of carbonyl (C=O) groups is 1. The van der Waals surface area contributed by atoms with Crippen LogP contribution in [0.25, 0.3) is 10.8 Å². The van der Waals surface area contributed by atoms with Crippen molar-refractivity contribution in [1.29, 1.82) is 0 Å². The Hall–Kier alpha value is -3.48. The van der Waals surface area contributed by atoms with Gasteiger partial charge in [0, 0.05) is 17.5 Å². The van der Waals surface area contributed by atoms with Crippen molar-refractivity contribution in [3.05, 3.63) is 69.6 Å². The van der Waals surface area contributed by atoms with Crippen molar-refractivity contribution in [3.63, 3.8) is 0 Å². The second kappa shape index (κ2) is 9.35. The van der Waals surface area contributed by atoms with Crippen LogP contribution in [0.1, 0.15) is 54.7 Å². The number of fused-ring (bicyclic) bond motifs is 1. The van der Waals surface area contributed by atoms with Crippen LogP contribution in [0.2, 0.25) is 0 Å². The molecule has 30 heavy (non-hydrogen) atoms. The number of nitrogens with one attached hydrogen (secondary N) is 1. The number of amides is 1. The van der Waals surface area contributed by atoms with Crippen LogP contribution in [0.3, 0.4) is 0 Å². The monoisotopic (exact) mass is 406 g/mol. The Labute approximate surface area is 175 Å². The molecule has 1 heterocycles. The van der Waals surface area contributed by atoms with Gasteiger partial charge in [-0.3, -0.25) is 9.59 Å². The van der Waals surface area contributed by atoms with Crippen LogP contribution in [-0.4, -0.2) is 26.5 Å². The molecule has 0 fully saturated rings. The molecular formula is C23H26N4O3. The zero-order chi connectivity index (χ0) is 21.7. The van der Waals surface area contributed by atoms with Crippen LogP contribution in [0, 0.1) is 6.92 Å². The maximum absolute atomic E-state index is 12.9. The van der Waals surface area contributed by atoms with Gasteiger partial charge >= 0.3 is 0 Å². The van der Waals surface area contributed by atoms with E-state index in [1.54, 1.807) is 36.4 Å². The van der Waals surface area contributed by atoms with Gasteiger partial charge in [0.15, 0.2) is 5.69 Å². The fourth-order valence-corrected chi connectivity index (χ4v) is 3.24. The van der Waals surface area contributed by atoms with Crippen LogP contribution in [-0.2, 0) is 6.54 Å². The van der Waals surface area contributed by atoms with E-state index in [-0.39, 0.29) is 17.0 Å². The molecule has 0 saturated carbocycles. The highest BCUT2D eigenvalue weighted by Gasteiger charge is 2.17. The summed E-state index contributed by atoms with van der Waals surface area (Å²) in [6.07, 6.45) is 2.21. The van der Waals surface area contributed by atoms with Crippen molar-refractivity contribution in [2.45, 2.75) is 46.6 Å². The summed E-state index contributed by atoms with van der Waals surface area (Å²) in [5.41, 5.74) is 4.59. The Balaban J connectivity index is 2.00. The van der Waals surface area contributed by atoms with Gasteiger partial charge in [-0.25, -0.2) is 10.1 Å². The number of phenols is 1. The minimum atomic E-state index is -0.505. The summed E-state index contributed by atoms with van der Waals surface area (Å²) < 4.78 is 1.34. The third kappa shape index (κ3) is 4.40. The lowest BCUT2D eigenvalue weighted by Crippen LogP contribution is -2.29. The summed E-state index contributed by atoms with van der Waals surface area (Å²) in [5.74, 6) is -0.401. The zero-order valence-electron chi connectivity index (χ0n) is 17.5. The fourth-order valence-electron chi connectivity index (χ4n) is 3.24. The van der Waals surface area contributed by atoms with Gasteiger partial charge in [-0.15, -0.1) is 0 Å². The molecule has 1 aromatic heterocycles. The van der Waals surface area contributed by atoms with Crippen LogP contribution in [0.5, 0.6) is 5.75 Å². The van der Waals surface area contributed by atoms with Crippen LogP contribution in [0.15, 0.2) is 52.4 Å². The summed E-state index contributed by atoms with van der Waals surface area (Å²) >= 11 is 0. The lowest BCUT2D eigenvalue weighted by Gasteiger charge is -2.11. The first-order chi connectivity index (χ1) is 14.5. The smallest absolute Gasteiger partial charge is 0.292 e. The number of aromatic hydroxyl groups is 1. The molecule has 3 aromatic rings. The Kier molecular flexibility index (Phi) is 6.61. The van der Waals surface area contributed by atoms with Crippen molar-refractivity contribution in [2.75, 3.05) is 0 Å². The fraction of sp³-hybridized carbons (Fsp3) is 0.304. The Bertz CT molecular complexity index is 1160. The van der Waals surface area contributed by atoms with Gasteiger partial charge in [0.05, 0.1) is 11.1 Å². The lowest BCUT2D eigenvalue weighted by atomic mass is 10.0. The average Bonchev–Trinajstić information content (AvgIpc) is 2.76. The van der Waals surface area contributed by atoms with E-state index in [1.807, 2.05) is 26.8 Å². The first-order valence-electron chi connectivity index (χ1n) is 10.1. The lowest BCUT2D eigenvalue weighted by molar-refractivity contribution is 0.0949. The molecule has 0 saturated heterocycles. The SMILES string of the molecule is CCCCn1nc(C(=O)N/N=C(\CC)c2cc(C)ccc2O)c2ccccc2c1=O. The van der Waals surface area contributed by atoms with E-state index in [9.17, 15) is 14.7 Å². The van der Waals surface area contributed by atoms with E-state index >= 15 is 0 Å². The van der Waals surface area contributed by atoms with E-state index in [0.29, 0.717) is 35.0 Å². The molecule has 156 valence electrons. The molecule has 0 aliphatic rings. The predicted molar refractivity (Wildman–Crippen MR) is 118 cm³/mol. The summed E-state index contributed by atoms with van der Waals surface area (Å²) in [4.78, 5) is 25.6. The number of nitrogens with zero attached hydrogens (tertiary/aromatic N) is 3. The minimum absolute atomic E-state index is 0.104. The zero-order valence-corrected chi connectivity index (χ0v) is 17.5. The maximum Gasteiger partial charge on any atom is 0.292 e. The second-order valence-corrected chi connectivity index (χ2v) is 7.15. The Morgan fingerprint density at radius 1 is 1.17 bits per heavy atom. The van der Waals surface area contributed by atoms with Crippen LogP contribution >= 0.6 is 0 Å². The number of phenolic OH excluding ortho intramolecular Hbond substituents is 1. The number of hydrogen-bond acceptors (Lipinski definition) is 5. The van der Waals surface area contributed by atoms with Gasteiger partial charge in [-0.1, -0.05) is 50.1 Å². The molecule has 7 heteroatoms. The second-order valence-electron chi connectivity index (χ2n) is 7.15. The molecule has 0 unspecified atom stereocenters. The number of aryl methyl sites for hydroxylation is 2. The Morgan fingerprint density at radius 3 is 2.60 bits per heavy atom. The first-order valence-corrected chi connectivity index (χ1v) is 10.1. The number of rotatable bonds is 7. The molecule has 0 aliphatic heterocycles. The number of unbranched alkanes of at least 4 members (excludes halogenated alkanes) is 1. The highest BCUT2D eigenvalue weighted by molar-refractivity contribution is 6.07. The summed E-state index contributed by atoms with van der Waals surface area (Å²) in [6, 6.07) is 12.2. The molecule has 2 aromatic carbocycles. The summed E-state index contributed by atoms with van der Waals surface area (Å²) in [5, 5.41) is 19.7. The standard InChI is InChI=1S/C23H26N4O3/c1-4-6-13-27-23(30)17-10-8-7-9-16(17)21(26-27)22(29)25-24-19(5-2)18-14-15(3)11-12-20(18)28/h7-12,14,28H,4-6,13H2,1-3H3,(H,25,29)/b24-19+. The highest BCUT2D eigenvalue weighted by Crippen LogP contribution is 2.20.